The normalized spacial score (nSPS) is 11.5. The zero-order valence-corrected chi connectivity index (χ0v) is 19.3. The summed E-state index contributed by atoms with van der Waals surface area (Å²) in [4.78, 5) is 17.2. The van der Waals surface area contributed by atoms with Gasteiger partial charge >= 0.3 is 0 Å². The lowest BCUT2D eigenvalue weighted by Crippen LogP contribution is -2.18. The van der Waals surface area contributed by atoms with E-state index in [-0.39, 0.29) is 21.3 Å². The van der Waals surface area contributed by atoms with Crippen LogP contribution in [0.4, 0.5) is 10.8 Å². The molecule has 4 rings (SSSR count). The quantitative estimate of drug-likeness (QED) is 0.328. The third-order valence-corrected chi connectivity index (χ3v) is 7.58. The number of nitrogens with one attached hydrogen (secondary N) is 2. The van der Waals surface area contributed by atoms with Gasteiger partial charge in [-0.1, -0.05) is 58.3 Å². The van der Waals surface area contributed by atoms with Crippen molar-refractivity contribution in [1.82, 2.24) is 4.98 Å². The highest BCUT2D eigenvalue weighted by molar-refractivity contribution is 7.92. The number of sulfonamides is 1. The first kappa shape index (κ1) is 21.9. The minimum atomic E-state index is -3.93. The van der Waals surface area contributed by atoms with Crippen LogP contribution in [-0.4, -0.2) is 19.3 Å². The maximum absolute atomic E-state index is 12.9. The average Bonchev–Trinajstić information content (AvgIpc) is 3.16. The van der Waals surface area contributed by atoms with Gasteiger partial charge in [-0.15, -0.1) is 0 Å². The third kappa shape index (κ3) is 4.63. The van der Waals surface area contributed by atoms with Crippen molar-refractivity contribution in [3.05, 3.63) is 81.3 Å². The molecule has 0 spiro atoms. The van der Waals surface area contributed by atoms with Crippen LogP contribution in [0.2, 0.25) is 15.1 Å². The number of amides is 1. The number of hydrogen-bond acceptors (Lipinski definition) is 5. The second-order valence-corrected chi connectivity index (χ2v) is 10.2. The molecule has 6 nitrogen and oxygen atoms in total. The lowest BCUT2D eigenvalue weighted by atomic mass is 10.2. The molecular weight excluding hydrogens is 501 g/mol. The molecule has 0 saturated heterocycles. The van der Waals surface area contributed by atoms with Crippen LogP contribution in [0.5, 0.6) is 0 Å². The minimum absolute atomic E-state index is 0.0163. The van der Waals surface area contributed by atoms with Crippen molar-refractivity contribution in [2.75, 3.05) is 10.0 Å². The maximum Gasteiger partial charge on any atom is 0.261 e. The number of carbonyl (C=O) groups is 1. The highest BCUT2D eigenvalue weighted by Crippen LogP contribution is 2.36. The topological polar surface area (TPSA) is 88.2 Å². The van der Waals surface area contributed by atoms with E-state index < -0.39 is 15.9 Å². The van der Waals surface area contributed by atoms with Crippen molar-refractivity contribution in [2.24, 2.45) is 0 Å². The Labute approximate surface area is 196 Å². The van der Waals surface area contributed by atoms with Crippen molar-refractivity contribution in [1.29, 1.82) is 0 Å². The molecule has 0 saturated carbocycles. The second kappa shape index (κ2) is 8.64. The molecule has 3 aromatic carbocycles. The summed E-state index contributed by atoms with van der Waals surface area (Å²) in [6.07, 6.45) is 0. The van der Waals surface area contributed by atoms with Crippen LogP contribution in [0.15, 0.2) is 65.6 Å². The molecule has 4 aromatic rings. The summed E-state index contributed by atoms with van der Waals surface area (Å²) in [5, 5.41) is 4.24. The Morgan fingerprint density at radius 3 is 2.29 bits per heavy atom. The van der Waals surface area contributed by atoms with Crippen LogP contribution in [0.3, 0.4) is 0 Å². The second-order valence-electron chi connectivity index (χ2n) is 6.29. The molecule has 0 unspecified atom stereocenters. The highest BCUT2D eigenvalue weighted by atomic mass is 35.5. The van der Waals surface area contributed by atoms with Crippen LogP contribution in [0.1, 0.15) is 10.4 Å². The summed E-state index contributed by atoms with van der Waals surface area (Å²) in [7, 11) is -3.93. The molecule has 0 fully saturated rings. The number of benzene rings is 3. The van der Waals surface area contributed by atoms with E-state index in [1.165, 1.54) is 47.7 Å². The van der Waals surface area contributed by atoms with Gasteiger partial charge in [0, 0.05) is 5.02 Å². The lowest BCUT2D eigenvalue weighted by Gasteiger charge is -2.12. The molecule has 31 heavy (non-hydrogen) atoms. The van der Waals surface area contributed by atoms with E-state index in [1.807, 2.05) is 0 Å². The van der Waals surface area contributed by atoms with Crippen molar-refractivity contribution < 1.29 is 13.2 Å². The van der Waals surface area contributed by atoms with E-state index in [9.17, 15) is 13.2 Å². The Bertz CT molecular complexity index is 1370. The van der Waals surface area contributed by atoms with Gasteiger partial charge in [-0.25, -0.2) is 13.4 Å². The summed E-state index contributed by atoms with van der Waals surface area (Å²) in [6, 6.07) is 15.2. The predicted octanol–water partition coefficient (Wildman–Crippen LogP) is 6.31. The number of halogens is 3. The molecule has 0 aliphatic heterocycles. The van der Waals surface area contributed by atoms with Crippen molar-refractivity contribution >= 4 is 83.1 Å². The number of hydrogen-bond donors (Lipinski definition) is 2. The van der Waals surface area contributed by atoms with E-state index in [1.54, 1.807) is 24.3 Å². The van der Waals surface area contributed by atoms with Gasteiger partial charge in [0.25, 0.3) is 15.9 Å². The Morgan fingerprint density at radius 2 is 1.58 bits per heavy atom. The number of para-hydroxylation sites is 1. The van der Waals surface area contributed by atoms with Gasteiger partial charge in [-0.05, 0) is 48.5 Å². The molecule has 1 amide bonds. The zero-order chi connectivity index (χ0) is 22.2. The zero-order valence-electron chi connectivity index (χ0n) is 15.4. The largest absolute Gasteiger partial charge is 0.298 e. The Balaban J connectivity index is 1.62. The average molecular weight is 513 g/mol. The van der Waals surface area contributed by atoms with Gasteiger partial charge in [0.05, 0.1) is 30.9 Å². The van der Waals surface area contributed by atoms with Gasteiger partial charge < -0.3 is 0 Å². The minimum Gasteiger partial charge on any atom is -0.298 e. The number of anilines is 2. The van der Waals surface area contributed by atoms with E-state index >= 15 is 0 Å². The summed E-state index contributed by atoms with van der Waals surface area (Å²) >= 11 is 19.3. The number of carbonyl (C=O) groups excluding carboxylic acids is 1. The molecule has 0 aliphatic rings. The van der Waals surface area contributed by atoms with Crippen molar-refractivity contribution in [2.45, 2.75) is 4.90 Å². The smallest absolute Gasteiger partial charge is 0.261 e. The van der Waals surface area contributed by atoms with Crippen LogP contribution in [-0.2, 0) is 10.0 Å². The van der Waals surface area contributed by atoms with Gasteiger partial charge in [-0.2, -0.15) is 0 Å². The molecule has 1 heterocycles. The maximum atomic E-state index is 12.9. The standard InChI is InChI=1S/C20H12Cl3N3O3S2/c21-11-5-7-12(8-6-11)31(28,29)26-16-4-2-1-3-13(16)19(27)25-20-24-17-14(22)9-10-15(23)18(17)30-20/h1-10,26H,(H,24,25,27). The van der Waals surface area contributed by atoms with E-state index in [0.29, 0.717) is 25.3 Å². The molecule has 0 atom stereocenters. The first-order valence-corrected chi connectivity index (χ1v) is 12.1. The molecule has 2 N–H and O–H groups in total. The first-order chi connectivity index (χ1) is 14.7. The van der Waals surface area contributed by atoms with Crippen LogP contribution >= 0.6 is 46.1 Å². The summed E-state index contributed by atoms with van der Waals surface area (Å²) < 4.78 is 28.5. The molecule has 11 heteroatoms. The third-order valence-electron chi connectivity index (χ3n) is 4.21. The van der Waals surface area contributed by atoms with E-state index in [2.05, 4.69) is 15.0 Å². The fourth-order valence-electron chi connectivity index (χ4n) is 2.75. The van der Waals surface area contributed by atoms with Crippen molar-refractivity contribution in [3.8, 4) is 0 Å². The molecule has 1 aromatic heterocycles. The summed E-state index contributed by atoms with van der Waals surface area (Å²) in [5.41, 5.74) is 0.717. The summed E-state index contributed by atoms with van der Waals surface area (Å²) in [6.45, 7) is 0. The molecule has 158 valence electrons. The fraction of sp³-hybridized carbons (Fsp3) is 0. The molecule has 0 bridgehead atoms. The van der Waals surface area contributed by atoms with Crippen LogP contribution in [0, 0.1) is 0 Å². The van der Waals surface area contributed by atoms with Gasteiger partial charge in [-0.3, -0.25) is 14.8 Å². The monoisotopic (exact) mass is 511 g/mol. The number of nitrogens with zero attached hydrogens (tertiary/aromatic N) is 1. The van der Waals surface area contributed by atoms with Crippen molar-refractivity contribution in [3.63, 3.8) is 0 Å². The Hall–Kier alpha value is -2.36. The summed E-state index contributed by atoms with van der Waals surface area (Å²) in [5.74, 6) is -0.541. The van der Waals surface area contributed by atoms with Gasteiger partial charge in [0.2, 0.25) is 0 Å². The van der Waals surface area contributed by atoms with E-state index in [0.717, 1.165) is 0 Å². The molecular formula is C20H12Cl3N3O3S2. The van der Waals surface area contributed by atoms with Crippen LogP contribution < -0.4 is 10.0 Å². The number of thiazole rings is 1. The SMILES string of the molecule is O=C(Nc1nc2c(Cl)ccc(Cl)c2s1)c1ccccc1NS(=O)(=O)c1ccc(Cl)cc1. The molecule has 0 aliphatic carbocycles. The first-order valence-electron chi connectivity index (χ1n) is 8.68. The number of fused-ring (bicyclic) bond motifs is 1. The number of aromatic nitrogens is 1. The lowest BCUT2D eigenvalue weighted by molar-refractivity contribution is 0.102. The van der Waals surface area contributed by atoms with Crippen LogP contribution in [0.25, 0.3) is 10.2 Å². The fourth-order valence-corrected chi connectivity index (χ4v) is 5.37. The van der Waals surface area contributed by atoms with Gasteiger partial charge in [0.15, 0.2) is 5.13 Å². The highest BCUT2D eigenvalue weighted by Gasteiger charge is 2.20. The molecule has 0 radical (unpaired) electrons. The van der Waals surface area contributed by atoms with E-state index in [4.69, 9.17) is 34.8 Å². The Morgan fingerprint density at radius 1 is 0.903 bits per heavy atom. The predicted molar refractivity (Wildman–Crippen MR) is 126 cm³/mol. The van der Waals surface area contributed by atoms with Gasteiger partial charge in [0.1, 0.15) is 5.52 Å². The number of rotatable bonds is 5. The Kier molecular flexibility index (Phi) is 6.09.